The van der Waals surface area contributed by atoms with Crippen LogP contribution in [0.25, 0.3) is 0 Å². The van der Waals surface area contributed by atoms with Gasteiger partial charge in [0.2, 0.25) is 0 Å². The molecule has 1 fully saturated rings. The van der Waals surface area contributed by atoms with Gasteiger partial charge in [-0.3, -0.25) is 15.4 Å². The van der Waals surface area contributed by atoms with Crippen LogP contribution < -0.4 is 17.2 Å². The van der Waals surface area contributed by atoms with Crippen LogP contribution in [0.15, 0.2) is 16.2 Å². The van der Waals surface area contributed by atoms with Gasteiger partial charge in [-0.2, -0.15) is 0 Å². The first-order valence-electron chi connectivity index (χ1n) is 15.2. The Morgan fingerprint density at radius 2 is 1.53 bits per heavy atom. The Morgan fingerprint density at radius 1 is 0.947 bits per heavy atom. The fourth-order valence-corrected chi connectivity index (χ4v) is 5.08. The zero-order valence-electron chi connectivity index (χ0n) is 24.2. The van der Waals surface area contributed by atoms with Crippen molar-refractivity contribution in [2.45, 2.75) is 142 Å². The van der Waals surface area contributed by atoms with Crippen molar-refractivity contribution in [3.63, 3.8) is 0 Å². The van der Waals surface area contributed by atoms with Crippen molar-refractivity contribution in [2.75, 3.05) is 6.54 Å². The van der Waals surface area contributed by atoms with E-state index < -0.39 is 0 Å². The molecule has 2 rings (SSSR count). The van der Waals surface area contributed by atoms with Crippen LogP contribution in [-0.2, 0) is 6.42 Å². The van der Waals surface area contributed by atoms with E-state index >= 15 is 0 Å². The molecule has 0 bridgehead atoms. The van der Waals surface area contributed by atoms with Gasteiger partial charge in [0, 0.05) is 37.5 Å². The van der Waals surface area contributed by atoms with Crippen molar-refractivity contribution in [1.82, 2.24) is 15.0 Å². The molecule has 7 N–H and O–H groups in total. The van der Waals surface area contributed by atoms with E-state index in [1.54, 1.807) is 0 Å². The van der Waals surface area contributed by atoms with Gasteiger partial charge in [-0.1, -0.05) is 75.8 Å². The highest BCUT2D eigenvalue weighted by Gasteiger charge is 2.17. The molecule has 9 heteroatoms. The van der Waals surface area contributed by atoms with Crippen LogP contribution in [0.3, 0.4) is 0 Å². The lowest BCUT2D eigenvalue weighted by atomic mass is 9.92. The second-order valence-electron chi connectivity index (χ2n) is 11.3. The van der Waals surface area contributed by atoms with Crippen LogP contribution in [0.1, 0.15) is 135 Å². The van der Waals surface area contributed by atoms with Gasteiger partial charge < -0.3 is 17.2 Å². The third-order valence-electron chi connectivity index (χ3n) is 7.61. The van der Waals surface area contributed by atoms with Crippen LogP contribution in [0.4, 0.5) is 0 Å². The standard InChI is InChI=1S/C29H55N9/c1-23(2)38-22-25(36-37-38)19-20-27(30)34-21-15-14-18-26(28(31)32)35-29(33)24-16-12-10-8-6-4-3-5-7-9-11-13-17-24/h22-24,26H,3-21H2,1-2H3,(H2,30,34)(H3,31,32)(H2,33,35)/t26-/m0/s1. The number of nitrogens with one attached hydrogen (secondary N) is 1. The molecule has 216 valence electrons. The van der Waals surface area contributed by atoms with Crippen LogP contribution in [-0.4, -0.2) is 45.1 Å². The minimum absolute atomic E-state index is 0.103. The molecule has 0 radical (unpaired) electrons. The Bertz CT molecular complexity index is 829. The first kappa shape index (κ1) is 31.8. The molecule has 1 saturated carbocycles. The van der Waals surface area contributed by atoms with E-state index in [9.17, 15) is 0 Å². The Hall–Kier alpha value is -2.45. The smallest absolute Gasteiger partial charge is 0.116 e. The first-order chi connectivity index (χ1) is 18.4. The normalized spacial score (nSPS) is 18.8. The number of nitrogens with two attached hydrogens (primary N) is 3. The molecule has 0 amide bonds. The molecule has 1 aromatic heterocycles. The largest absolute Gasteiger partial charge is 0.387 e. The first-order valence-corrected chi connectivity index (χ1v) is 15.2. The molecule has 1 heterocycles. The minimum Gasteiger partial charge on any atom is -0.387 e. The van der Waals surface area contributed by atoms with Crippen molar-refractivity contribution in [2.24, 2.45) is 33.1 Å². The third-order valence-corrected chi connectivity index (χ3v) is 7.61. The summed E-state index contributed by atoms with van der Waals surface area (Å²) in [5.74, 6) is 1.76. The highest BCUT2D eigenvalue weighted by atomic mass is 15.4. The fraction of sp³-hybridized carbons (Fsp3) is 0.828. The van der Waals surface area contributed by atoms with Crippen molar-refractivity contribution in [3.05, 3.63) is 11.9 Å². The summed E-state index contributed by atoms with van der Waals surface area (Å²) in [5, 5.41) is 16.4. The molecular weight excluding hydrogens is 474 g/mol. The molecule has 38 heavy (non-hydrogen) atoms. The van der Waals surface area contributed by atoms with Gasteiger partial charge >= 0.3 is 0 Å². The van der Waals surface area contributed by atoms with E-state index in [0.717, 1.165) is 44.2 Å². The predicted octanol–water partition coefficient (Wildman–Crippen LogP) is 5.68. The van der Waals surface area contributed by atoms with Gasteiger partial charge in [-0.15, -0.1) is 5.10 Å². The van der Waals surface area contributed by atoms with Gasteiger partial charge in [-0.25, -0.2) is 4.68 Å². The quantitative estimate of drug-likeness (QED) is 0.155. The molecular formula is C29H55N9. The number of unbranched alkanes of at least 4 members (excludes halogenated alkanes) is 1. The monoisotopic (exact) mass is 529 g/mol. The highest BCUT2D eigenvalue weighted by molar-refractivity contribution is 5.89. The molecule has 1 atom stereocenters. The molecule has 0 spiro atoms. The molecule has 0 aromatic carbocycles. The predicted molar refractivity (Wildman–Crippen MR) is 160 cm³/mol. The Labute approximate surface area is 231 Å². The number of rotatable bonds is 12. The molecule has 0 aliphatic heterocycles. The summed E-state index contributed by atoms with van der Waals surface area (Å²) in [6, 6.07) is -0.0388. The molecule has 0 saturated heterocycles. The van der Waals surface area contributed by atoms with E-state index in [2.05, 4.69) is 29.2 Å². The van der Waals surface area contributed by atoms with Crippen molar-refractivity contribution < 1.29 is 0 Å². The summed E-state index contributed by atoms with van der Waals surface area (Å²) in [7, 11) is 0. The molecule has 9 nitrogen and oxygen atoms in total. The van der Waals surface area contributed by atoms with Gasteiger partial charge in [0.1, 0.15) is 11.9 Å². The van der Waals surface area contributed by atoms with Gasteiger partial charge in [0.25, 0.3) is 0 Å². The summed E-state index contributed by atoms with van der Waals surface area (Å²) in [6.45, 7) is 4.82. The number of aliphatic imine (C=N–C) groups is 2. The average molecular weight is 530 g/mol. The third kappa shape index (κ3) is 13.4. The zero-order chi connectivity index (χ0) is 27.6. The maximum absolute atomic E-state index is 8.07. The zero-order valence-corrected chi connectivity index (χ0v) is 24.2. The summed E-state index contributed by atoms with van der Waals surface area (Å²) in [6.07, 6.45) is 22.6. The van der Waals surface area contributed by atoms with Crippen molar-refractivity contribution in [3.8, 4) is 0 Å². The second-order valence-corrected chi connectivity index (χ2v) is 11.3. The van der Waals surface area contributed by atoms with Crippen LogP contribution in [0.5, 0.6) is 0 Å². The lowest BCUT2D eigenvalue weighted by Gasteiger charge is -2.20. The van der Waals surface area contributed by atoms with Crippen LogP contribution in [0, 0.1) is 11.3 Å². The Kier molecular flexibility index (Phi) is 15.7. The second kappa shape index (κ2) is 18.7. The summed E-state index contributed by atoms with van der Waals surface area (Å²) < 4.78 is 1.85. The number of aryl methyl sites for hydroxylation is 1. The molecule has 0 unspecified atom stereocenters. The topological polar surface area (TPSA) is 157 Å². The lowest BCUT2D eigenvalue weighted by Crippen LogP contribution is -2.32. The lowest BCUT2D eigenvalue weighted by molar-refractivity contribution is 0.465. The van der Waals surface area contributed by atoms with E-state index in [0.29, 0.717) is 36.6 Å². The van der Waals surface area contributed by atoms with Crippen LogP contribution in [0.2, 0.25) is 0 Å². The Balaban J connectivity index is 1.78. The summed E-state index contributed by atoms with van der Waals surface area (Å²) in [5.41, 5.74) is 19.5. The minimum atomic E-state index is -0.340. The van der Waals surface area contributed by atoms with Gasteiger partial charge in [-0.05, 0) is 46.0 Å². The number of hydrogen-bond donors (Lipinski definition) is 4. The molecule has 1 aromatic rings. The SMILES string of the molecule is CC(C)n1cc(CCC(N)=NCCCC[C@H](N=C(N)C2CCCCCCCCCCCCC2)C(=N)N)nn1. The van der Waals surface area contributed by atoms with E-state index in [-0.39, 0.29) is 11.9 Å². The fourth-order valence-electron chi connectivity index (χ4n) is 5.08. The van der Waals surface area contributed by atoms with Crippen molar-refractivity contribution in [1.29, 1.82) is 5.41 Å². The number of nitrogens with zero attached hydrogens (tertiary/aromatic N) is 5. The molecule has 1 aliphatic carbocycles. The van der Waals surface area contributed by atoms with Crippen molar-refractivity contribution >= 4 is 17.5 Å². The van der Waals surface area contributed by atoms with E-state index in [1.165, 1.54) is 70.6 Å². The molecule has 1 aliphatic rings. The maximum atomic E-state index is 8.07. The summed E-state index contributed by atoms with van der Waals surface area (Å²) in [4.78, 5) is 9.29. The highest BCUT2D eigenvalue weighted by Crippen LogP contribution is 2.22. The summed E-state index contributed by atoms with van der Waals surface area (Å²) >= 11 is 0. The van der Waals surface area contributed by atoms with Gasteiger partial charge in [0.15, 0.2) is 0 Å². The number of aromatic nitrogens is 3. The van der Waals surface area contributed by atoms with Gasteiger partial charge in [0.05, 0.1) is 17.4 Å². The average Bonchev–Trinajstić information content (AvgIpc) is 3.37. The van der Waals surface area contributed by atoms with E-state index in [1.807, 2.05) is 10.9 Å². The van der Waals surface area contributed by atoms with Crippen LogP contribution >= 0.6 is 0 Å². The number of hydrogen-bond acceptors (Lipinski definition) is 5. The van der Waals surface area contributed by atoms with E-state index in [4.69, 9.17) is 27.6 Å². The maximum Gasteiger partial charge on any atom is 0.116 e. The Morgan fingerprint density at radius 3 is 2.05 bits per heavy atom. The number of amidine groups is 3.